The minimum absolute atomic E-state index is 0.0144. The summed E-state index contributed by atoms with van der Waals surface area (Å²) in [5, 5.41) is 59.0. The second kappa shape index (κ2) is 53.2. The van der Waals surface area contributed by atoms with E-state index in [1.54, 1.807) is 99.6 Å². The number of carboxylic acid groups (broad SMARTS) is 1. The monoisotopic (exact) mass is 1630 g/mol. The van der Waals surface area contributed by atoms with Gasteiger partial charge in [0, 0.05) is 6.42 Å². The Balaban J connectivity index is 3.46. The van der Waals surface area contributed by atoms with Gasteiger partial charge in [0.2, 0.25) is 94.5 Å². The lowest BCUT2D eigenvalue weighted by atomic mass is 9.95. The van der Waals surface area contributed by atoms with Crippen LogP contribution in [0.5, 0.6) is 0 Å². The number of carbonyl (C=O) groups is 17. The average Bonchev–Trinajstić information content (AvgIpc) is 0.850. The summed E-state index contributed by atoms with van der Waals surface area (Å²) in [5.41, 5.74) is 23.2. The van der Waals surface area contributed by atoms with E-state index in [2.05, 4.69) is 79.8 Å². The van der Waals surface area contributed by atoms with Crippen molar-refractivity contribution in [3.8, 4) is 0 Å². The van der Waals surface area contributed by atoms with Crippen molar-refractivity contribution in [3.63, 3.8) is 0 Å². The maximum atomic E-state index is 14.6. The van der Waals surface area contributed by atoms with Crippen LogP contribution in [0.1, 0.15) is 187 Å². The number of aliphatic hydroxyl groups excluding tert-OH is 1. The molecule has 0 heterocycles. The number of aliphatic hydroxyl groups is 1. The van der Waals surface area contributed by atoms with Crippen molar-refractivity contribution in [2.45, 2.75) is 272 Å². The van der Waals surface area contributed by atoms with Gasteiger partial charge in [0.05, 0.1) is 32.2 Å². The van der Waals surface area contributed by atoms with Crippen LogP contribution >= 0.6 is 0 Å². The highest BCUT2D eigenvalue weighted by Crippen LogP contribution is 2.17. The zero-order valence-corrected chi connectivity index (χ0v) is 69.7. The lowest BCUT2D eigenvalue weighted by molar-refractivity contribution is -0.142. The summed E-state index contributed by atoms with van der Waals surface area (Å²) in [6.45, 7) is 24.6. The highest BCUT2D eigenvalue weighted by Gasteiger charge is 2.40. The summed E-state index contributed by atoms with van der Waals surface area (Å²) in [6, 6.07) is -9.54. The molecule has 0 aliphatic heterocycles. The van der Waals surface area contributed by atoms with Crippen molar-refractivity contribution in [1.82, 2.24) is 79.8 Å². The molecule has 1 rings (SSSR count). The van der Waals surface area contributed by atoms with Crippen molar-refractivity contribution >= 4 is 100 Å². The summed E-state index contributed by atoms with van der Waals surface area (Å²) >= 11 is 0. The average molecular weight is 1630 g/mol. The number of aliphatic carboxylic acids is 1. The molecular weight excluding hydrogens is 1490 g/mol. The zero-order chi connectivity index (χ0) is 87.7. The lowest BCUT2D eigenvalue weighted by Gasteiger charge is -2.31. The smallest absolute Gasteiger partial charge is 0.305 e. The molecule has 1 aromatic carbocycles. The molecule has 38 heteroatoms. The van der Waals surface area contributed by atoms with Gasteiger partial charge in [0.1, 0.15) is 78.5 Å². The third kappa shape index (κ3) is 38.4. The summed E-state index contributed by atoms with van der Waals surface area (Å²) < 4.78 is 0. The van der Waals surface area contributed by atoms with Crippen LogP contribution in [0.15, 0.2) is 30.3 Å². The molecular formula is C77H133N19O19. The van der Waals surface area contributed by atoms with E-state index in [9.17, 15) is 91.7 Å². The minimum Gasteiger partial charge on any atom is -0.481 e. The van der Waals surface area contributed by atoms with Crippen LogP contribution in [0.4, 0.5) is 0 Å². The van der Waals surface area contributed by atoms with Gasteiger partial charge in [-0.1, -0.05) is 140 Å². The number of rotatable bonds is 55. The Morgan fingerprint density at radius 3 is 1.17 bits per heavy atom. The van der Waals surface area contributed by atoms with Crippen molar-refractivity contribution in [2.24, 2.45) is 64.4 Å². The van der Waals surface area contributed by atoms with Gasteiger partial charge < -0.3 is 113 Å². The number of hydrogen-bond donors (Lipinski definition) is 21. The summed E-state index contributed by atoms with van der Waals surface area (Å²) in [5.74, 6) is -18.7. The molecule has 115 heavy (non-hydrogen) atoms. The Labute approximate surface area is 674 Å². The van der Waals surface area contributed by atoms with E-state index in [4.69, 9.17) is 22.9 Å². The maximum absolute atomic E-state index is 14.6. The molecule has 0 unspecified atom stereocenters. The maximum Gasteiger partial charge on any atom is 0.305 e. The first-order valence-corrected chi connectivity index (χ1v) is 39.7. The molecule has 1 aromatic rings. The van der Waals surface area contributed by atoms with Crippen LogP contribution in [-0.2, 0) is 87.9 Å². The predicted molar refractivity (Wildman–Crippen MR) is 427 cm³/mol. The highest BCUT2D eigenvalue weighted by atomic mass is 16.4. The molecule has 0 bridgehead atoms. The SMILES string of the molecule is CC[C@H](C)[C@H](NC(=O)[C@H](CC(=O)O)NC(=O)[C@H](Cc1ccccc1)NC(=O)[C@H](CC(C)C)NC(=O)CN)C(=O)N[C@H](C(=O)N[C@@H](CCCCN)C(=O)N[C@@H](CCCCN)C(=O)N[C@H](C(=O)N[C@H](C(=O)NCC(=O)N[C@H](C(=O)N[C@H](C(=O)N[C@@H](C)C(=O)NCC(=O)N[C@@H](CC(C)C)C(N)=O)[C@@H](C)CC)[C@@H](C)O)C(C)C)C(C)C)C(C)C. The number of amides is 16. The fourth-order valence-corrected chi connectivity index (χ4v) is 11.8. The number of carboxylic acids is 1. The Morgan fingerprint density at radius 1 is 0.365 bits per heavy atom. The van der Waals surface area contributed by atoms with E-state index in [1.165, 1.54) is 13.8 Å². The highest BCUT2D eigenvalue weighted by molar-refractivity contribution is 6.01. The van der Waals surface area contributed by atoms with Crippen molar-refractivity contribution in [3.05, 3.63) is 35.9 Å². The molecule has 0 fully saturated rings. The van der Waals surface area contributed by atoms with Gasteiger partial charge in [0.25, 0.3) is 0 Å². The molecule has 650 valence electrons. The van der Waals surface area contributed by atoms with Gasteiger partial charge in [-0.2, -0.15) is 0 Å². The molecule has 16 atom stereocenters. The molecule has 0 aliphatic rings. The quantitative estimate of drug-likeness (QED) is 0.0281. The van der Waals surface area contributed by atoms with E-state index in [0.29, 0.717) is 24.8 Å². The van der Waals surface area contributed by atoms with Crippen LogP contribution in [0.2, 0.25) is 0 Å². The molecule has 16 amide bonds. The fourth-order valence-electron chi connectivity index (χ4n) is 11.8. The zero-order valence-electron chi connectivity index (χ0n) is 69.7. The van der Waals surface area contributed by atoms with E-state index in [-0.39, 0.29) is 76.3 Å². The number of primary amides is 1. The number of benzene rings is 1. The van der Waals surface area contributed by atoms with Gasteiger partial charge in [-0.25, -0.2) is 0 Å². The standard InChI is InChI=1S/C77H133N19O19/c1-17-44(13)62(75(113)84-46(15)66(104)82-37-56(99)85-51(65(81)103)32-39(3)4)96-77(115)64(47(16)97)91-57(100)38-83-72(110)59(41(7)8)93-74(112)61(43(11)12)92-68(106)50(29-23-25-31-79)87-67(105)49(28-22-24-30-78)88-73(111)60(42(9)10)94-76(114)63(45(14)18-2)95-71(109)54(35-58(101)102)90-70(108)53(34-48-26-20-19-21-27-48)89-69(107)52(33-40(5)6)86-55(98)36-80/h19-21,26-27,39-47,49-54,59-64,97H,17-18,22-25,28-38,78-80H2,1-16H3,(H2,81,103)(H,82,104)(H,83,110)(H,84,113)(H,85,99)(H,86,98)(H,87,105)(H,88,111)(H,89,107)(H,90,108)(H,91,100)(H,92,106)(H,93,112)(H,94,114)(H,95,109)(H,96,115)(H,101,102)/t44-,45-,46-,47+,49-,50-,51-,52-,53-,54-,59-,60-,61-,62-,63-,64-/m0/s1. The van der Waals surface area contributed by atoms with Gasteiger partial charge in [-0.3, -0.25) is 81.5 Å². The lowest BCUT2D eigenvalue weighted by Crippen LogP contribution is -2.62. The molecule has 0 saturated carbocycles. The van der Waals surface area contributed by atoms with E-state index in [1.807, 2.05) is 27.7 Å². The Kier molecular flexibility index (Phi) is 47.7. The largest absolute Gasteiger partial charge is 0.481 e. The van der Waals surface area contributed by atoms with Crippen molar-refractivity contribution in [1.29, 1.82) is 0 Å². The molecule has 0 aliphatic carbocycles. The first-order valence-electron chi connectivity index (χ1n) is 39.7. The summed E-state index contributed by atoms with van der Waals surface area (Å²) in [4.78, 5) is 232. The first kappa shape index (κ1) is 103. The van der Waals surface area contributed by atoms with E-state index >= 15 is 0 Å². The first-order chi connectivity index (χ1) is 53.9. The van der Waals surface area contributed by atoms with Crippen LogP contribution in [0.3, 0.4) is 0 Å². The van der Waals surface area contributed by atoms with Crippen LogP contribution < -0.4 is 103 Å². The summed E-state index contributed by atoms with van der Waals surface area (Å²) in [7, 11) is 0. The van der Waals surface area contributed by atoms with E-state index in [0.717, 1.165) is 0 Å². The second-order valence-corrected chi connectivity index (χ2v) is 31.1. The molecule has 0 radical (unpaired) electrons. The van der Waals surface area contributed by atoms with Crippen LogP contribution in [-0.4, -0.2) is 228 Å². The van der Waals surface area contributed by atoms with E-state index < -0.39 is 241 Å². The van der Waals surface area contributed by atoms with Gasteiger partial charge in [-0.15, -0.1) is 0 Å². The third-order valence-electron chi connectivity index (χ3n) is 19.0. The molecule has 0 saturated heterocycles. The second-order valence-electron chi connectivity index (χ2n) is 31.1. The molecule has 25 N–H and O–H groups in total. The van der Waals surface area contributed by atoms with Gasteiger partial charge >= 0.3 is 5.97 Å². The number of nitrogens with one attached hydrogen (secondary N) is 15. The van der Waals surface area contributed by atoms with Gasteiger partial charge in [0.15, 0.2) is 0 Å². The molecule has 0 aromatic heterocycles. The van der Waals surface area contributed by atoms with Crippen LogP contribution in [0, 0.1) is 41.4 Å². The Hall–Kier alpha value is -9.95. The Bertz CT molecular complexity index is 3380. The Morgan fingerprint density at radius 2 is 0.722 bits per heavy atom. The number of carbonyl (C=O) groups excluding carboxylic acids is 16. The van der Waals surface area contributed by atoms with Gasteiger partial charge in [-0.05, 0) is 125 Å². The number of hydrogen-bond acceptors (Lipinski definition) is 21. The number of nitrogens with two attached hydrogens (primary N) is 4. The molecule has 38 nitrogen and oxygen atoms in total. The normalized spacial score (nSPS) is 15.5. The van der Waals surface area contributed by atoms with Crippen LogP contribution in [0.25, 0.3) is 0 Å². The predicted octanol–water partition coefficient (Wildman–Crippen LogP) is -3.51. The molecule has 0 spiro atoms. The van der Waals surface area contributed by atoms with Crippen molar-refractivity contribution < 1.29 is 91.7 Å². The number of unbranched alkanes of at least 4 members (excludes halogenated alkanes) is 2. The van der Waals surface area contributed by atoms with Crippen molar-refractivity contribution in [2.75, 3.05) is 32.7 Å². The minimum atomic E-state index is -1.84. The fraction of sp³-hybridized carbons (Fsp3) is 0.701. The third-order valence-corrected chi connectivity index (χ3v) is 19.0. The summed E-state index contributed by atoms with van der Waals surface area (Å²) in [6.07, 6.45) is -0.417. The topological polar surface area (TPSA) is 615 Å².